The first-order valence-corrected chi connectivity index (χ1v) is 7.68. The maximum atomic E-state index is 12.3. The van der Waals surface area contributed by atoms with Crippen LogP contribution in [0.3, 0.4) is 0 Å². The van der Waals surface area contributed by atoms with Gasteiger partial charge in [-0.2, -0.15) is 0 Å². The Kier molecular flexibility index (Phi) is 6.94. The summed E-state index contributed by atoms with van der Waals surface area (Å²) >= 11 is 1.45. The molecule has 0 aromatic heterocycles. The molecule has 21 heavy (non-hydrogen) atoms. The van der Waals surface area contributed by atoms with Gasteiger partial charge in [-0.1, -0.05) is 0 Å². The van der Waals surface area contributed by atoms with Crippen molar-refractivity contribution in [3.8, 4) is 0 Å². The molecule has 1 aliphatic rings. The van der Waals surface area contributed by atoms with Crippen molar-refractivity contribution in [1.29, 1.82) is 0 Å². The summed E-state index contributed by atoms with van der Waals surface area (Å²) in [6.45, 7) is 1.72. The first-order chi connectivity index (χ1) is 9.61. The highest BCUT2D eigenvalue weighted by molar-refractivity contribution is 7.98. The molecule has 116 valence electrons. The number of hydrogen-bond acceptors (Lipinski definition) is 5. The summed E-state index contributed by atoms with van der Waals surface area (Å²) in [4.78, 5) is 23.6. The first-order valence-electron chi connectivity index (χ1n) is 6.46. The summed E-state index contributed by atoms with van der Waals surface area (Å²) in [5.74, 6) is -0.362. The van der Waals surface area contributed by atoms with Gasteiger partial charge in [0.1, 0.15) is 5.56 Å². The van der Waals surface area contributed by atoms with Crippen molar-refractivity contribution in [2.45, 2.75) is 23.8 Å². The lowest BCUT2D eigenvalue weighted by Gasteiger charge is -2.23. The zero-order valence-electron chi connectivity index (χ0n) is 11.6. The van der Waals surface area contributed by atoms with E-state index in [1.165, 1.54) is 17.8 Å². The Morgan fingerprint density at radius 1 is 1.43 bits per heavy atom. The average Bonchev–Trinajstić information content (AvgIpc) is 2.47. The lowest BCUT2D eigenvalue weighted by Crippen LogP contribution is -2.42. The maximum Gasteiger partial charge on any atom is 0.282 e. The van der Waals surface area contributed by atoms with Crippen LogP contribution in [0.1, 0.15) is 23.2 Å². The van der Waals surface area contributed by atoms with Gasteiger partial charge in [-0.15, -0.1) is 24.2 Å². The number of amides is 1. The van der Waals surface area contributed by atoms with Crippen LogP contribution >= 0.6 is 24.2 Å². The van der Waals surface area contributed by atoms with Crippen LogP contribution in [0.5, 0.6) is 0 Å². The number of nitrogens with zero attached hydrogens (tertiary/aromatic N) is 1. The molecule has 1 saturated heterocycles. The van der Waals surface area contributed by atoms with Crippen LogP contribution in [0.4, 0.5) is 5.69 Å². The van der Waals surface area contributed by atoms with E-state index in [-0.39, 0.29) is 35.6 Å². The van der Waals surface area contributed by atoms with Gasteiger partial charge in [0.25, 0.3) is 11.6 Å². The van der Waals surface area contributed by atoms with E-state index in [0.717, 1.165) is 30.8 Å². The van der Waals surface area contributed by atoms with Gasteiger partial charge in [0, 0.05) is 17.0 Å². The predicted molar refractivity (Wildman–Crippen MR) is 85.5 cm³/mol. The van der Waals surface area contributed by atoms with Crippen molar-refractivity contribution in [3.63, 3.8) is 0 Å². The molecule has 0 spiro atoms. The SMILES string of the molecule is CSc1ccc([N+](=O)[O-])c(C(=O)NC2CCNCC2)c1.Cl. The summed E-state index contributed by atoms with van der Waals surface area (Å²) in [5, 5.41) is 17.1. The fourth-order valence-electron chi connectivity index (χ4n) is 2.21. The van der Waals surface area contributed by atoms with Gasteiger partial charge in [-0.05, 0) is 44.3 Å². The molecule has 0 atom stereocenters. The number of benzene rings is 1. The summed E-state index contributed by atoms with van der Waals surface area (Å²) in [6.07, 6.45) is 3.57. The number of rotatable bonds is 4. The molecule has 1 amide bonds. The van der Waals surface area contributed by atoms with Crippen molar-refractivity contribution in [2.24, 2.45) is 0 Å². The molecule has 2 N–H and O–H groups in total. The van der Waals surface area contributed by atoms with Crippen LogP contribution < -0.4 is 10.6 Å². The normalized spacial score (nSPS) is 15.1. The third kappa shape index (κ3) is 4.59. The van der Waals surface area contributed by atoms with Crippen molar-refractivity contribution in [1.82, 2.24) is 10.6 Å². The van der Waals surface area contributed by atoms with Crippen molar-refractivity contribution in [2.75, 3.05) is 19.3 Å². The minimum atomic E-state index is -0.512. The summed E-state index contributed by atoms with van der Waals surface area (Å²) in [7, 11) is 0. The van der Waals surface area contributed by atoms with Gasteiger partial charge in [-0.3, -0.25) is 14.9 Å². The number of hydrogen-bond donors (Lipinski definition) is 2. The predicted octanol–water partition coefficient (Wildman–Crippen LogP) is 2.22. The van der Waals surface area contributed by atoms with E-state index in [1.54, 1.807) is 12.1 Å². The molecule has 0 unspecified atom stereocenters. The Morgan fingerprint density at radius 3 is 2.67 bits per heavy atom. The lowest BCUT2D eigenvalue weighted by atomic mass is 10.1. The number of thioether (sulfide) groups is 1. The standard InChI is InChI=1S/C13H17N3O3S.ClH/c1-20-10-2-3-12(16(18)19)11(8-10)13(17)15-9-4-6-14-7-5-9;/h2-3,8-9,14H,4-7H2,1H3,(H,15,17);1H. The van der Waals surface area contributed by atoms with E-state index >= 15 is 0 Å². The van der Waals surface area contributed by atoms with Crippen LogP contribution in [0.25, 0.3) is 0 Å². The molecule has 1 heterocycles. The Bertz CT molecular complexity index is 521. The largest absolute Gasteiger partial charge is 0.349 e. The van der Waals surface area contributed by atoms with E-state index in [1.807, 2.05) is 6.26 Å². The maximum absolute atomic E-state index is 12.3. The Balaban J connectivity index is 0.00000220. The highest BCUT2D eigenvalue weighted by Gasteiger charge is 2.23. The molecule has 0 bridgehead atoms. The topological polar surface area (TPSA) is 84.3 Å². The molecule has 2 rings (SSSR count). The van der Waals surface area contributed by atoms with E-state index < -0.39 is 4.92 Å². The molecule has 1 aliphatic heterocycles. The van der Waals surface area contributed by atoms with Gasteiger partial charge < -0.3 is 10.6 Å². The minimum Gasteiger partial charge on any atom is -0.349 e. The first kappa shape index (κ1) is 17.7. The van der Waals surface area contributed by atoms with Crippen molar-refractivity contribution >= 4 is 35.8 Å². The number of piperidine rings is 1. The number of nitro benzene ring substituents is 1. The Hall–Kier alpha value is -1.31. The summed E-state index contributed by atoms with van der Waals surface area (Å²) in [5.41, 5.74) is -0.00498. The molecular formula is C13H18ClN3O3S. The van der Waals surface area contributed by atoms with E-state index in [9.17, 15) is 14.9 Å². The fraction of sp³-hybridized carbons (Fsp3) is 0.462. The van der Waals surface area contributed by atoms with Gasteiger partial charge in [0.05, 0.1) is 4.92 Å². The third-order valence-corrected chi connectivity index (χ3v) is 4.04. The van der Waals surface area contributed by atoms with E-state index in [2.05, 4.69) is 10.6 Å². The van der Waals surface area contributed by atoms with Crippen LogP contribution in [0, 0.1) is 10.1 Å². The van der Waals surface area contributed by atoms with Crippen molar-refractivity contribution in [3.05, 3.63) is 33.9 Å². The van der Waals surface area contributed by atoms with Crippen LogP contribution in [-0.4, -0.2) is 36.2 Å². The number of nitro groups is 1. The molecule has 0 saturated carbocycles. The van der Waals surface area contributed by atoms with Gasteiger partial charge in [0.2, 0.25) is 0 Å². The smallest absolute Gasteiger partial charge is 0.282 e. The van der Waals surface area contributed by atoms with Crippen LogP contribution in [-0.2, 0) is 0 Å². The number of carbonyl (C=O) groups excluding carboxylic acids is 1. The van der Waals surface area contributed by atoms with Crippen LogP contribution in [0.2, 0.25) is 0 Å². The number of halogens is 1. The number of nitrogens with one attached hydrogen (secondary N) is 2. The summed E-state index contributed by atoms with van der Waals surface area (Å²) in [6, 6.07) is 4.72. The Labute approximate surface area is 133 Å². The van der Waals surface area contributed by atoms with Crippen LogP contribution in [0.15, 0.2) is 23.1 Å². The Morgan fingerprint density at radius 2 is 2.10 bits per heavy atom. The molecular weight excluding hydrogens is 314 g/mol. The van der Waals surface area contributed by atoms with Crippen molar-refractivity contribution < 1.29 is 9.72 Å². The molecule has 1 aromatic rings. The molecule has 8 heteroatoms. The second-order valence-electron chi connectivity index (χ2n) is 4.64. The monoisotopic (exact) mass is 331 g/mol. The average molecular weight is 332 g/mol. The second-order valence-corrected chi connectivity index (χ2v) is 5.52. The highest BCUT2D eigenvalue weighted by Crippen LogP contribution is 2.25. The summed E-state index contributed by atoms with van der Waals surface area (Å²) < 4.78 is 0. The van der Waals surface area contributed by atoms with Gasteiger partial charge in [-0.25, -0.2) is 0 Å². The lowest BCUT2D eigenvalue weighted by molar-refractivity contribution is -0.385. The van der Waals surface area contributed by atoms with E-state index in [0.29, 0.717) is 0 Å². The minimum absolute atomic E-state index is 0. The zero-order chi connectivity index (χ0) is 14.5. The van der Waals surface area contributed by atoms with Gasteiger partial charge >= 0.3 is 0 Å². The molecule has 1 fully saturated rings. The number of carbonyl (C=O) groups is 1. The fourth-order valence-corrected chi connectivity index (χ4v) is 2.65. The zero-order valence-corrected chi connectivity index (χ0v) is 13.3. The molecule has 0 radical (unpaired) electrons. The quantitative estimate of drug-likeness (QED) is 0.502. The molecule has 6 nitrogen and oxygen atoms in total. The molecule has 1 aromatic carbocycles. The molecule has 0 aliphatic carbocycles. The highest BCUT2D eigenvalue weighted by atomic mass is 35.5. The van der Waals surface area contributed by atoms with Gasteiger partial charge in [0.15, 0.2) is 0 Å². The van der Waals surface area contributed by atoms with E-state index in [4.69, 9.17) is 0 Å². The third-order valence-electron chi connectivity index (χ3n) is 3.32. The second kappa shape index (κ2) is 8.21.